The summed E-state index contributed by atoms with van der Waals surface area (Å²) in [6.07, 6.45) is 4.19. The summed E-state index contributed by atoms with van der Waals surface area (Å²) < 4.78 is 0. The number of benzene rings is 1. The van der Waals surface area contributed by atoms with E-state index in [-0.39, 0.29) is 5.91 Å². The second-order valence-corrected chi connectivity index (χ2v) is 5.44. The van der Waals surface area contributed by atoms with Gasteiger partial charge in [0.25, 0.3) is 5.91 Å². The van der Waals surface area contributed by atoms with E-state index in [0.29, 0.717) is 16.4 Å². The van der Waals surface area contributed by atoms with Gasteiger partial charge in [0, 0.05) is 13.1 Å². The molecule has 2 aromatic rings. The lowest BCUT2D eigenvalue weighted by molar-refractivity contribution is 0.102. The molecule has 1 aliphatic rings. The van der Waals surface area contributed by atoms with Gasteiger partial charge in [0.15, 0.2) is 0 Å². The highest BCUT2D eigenvalue weighted by Gasteiger charge is 2.14. The average Bonchev–Trinajstić information content (AvgIpc) is 3.04. The van der Waals surface area contributed by atoms with Crippen LogP contribution in [0.4, 0.5) is 11.4 Å². The molecular weight excluding hydrogens is 286 g/mol. The number of aromatic nitrogens is 1. The second-order valence-electron chi connectivity index (χ2n) is 5.03. The quantitative estimate of drug-likeness (QED) is 0.942. The summed E-state index contributed by atoms with van der Waals surface area (Å²) in [5, 5.41) is 3.28. The lowest BCUT2D eigenvalue weighted by Crippen LogP contribution is -2.19. The minimum atomic E-state index is -0.254. The van der Waals surface area contributed by atoms with Crippen LogP contribution in [0.1, 0.15) is 23.3 Å². The van der Waals surface area contributed by atoms with Crippen LogP contribution in [0.3, 0.4) is 0 Å². The fourth-order valence-corrected chi connectivity index (χ4v) is 2.61. The number of amides is 1. The molecule has 4 nitrogen and oxygen atoms in total. The van der Waals surface area contributed by atoms with Crippen molar-refractivity contribution in [2.75, 3.05) is 23.3 Å². The number of rotatable bonds is 3. The van der Waals surface area contributed by atoms with E-state index in [1.807, 2.05) is 18.2 Å². The Labute approximate surface area is 128 Å². The van der Waals surface area contributed by atoms with Crippen LogP contribution in [-0.2, 0) is 0 Å². The Morgan fingerprint density at radius 3 is 2.57 bits per heavy atom. The number of hydrogen-bond acceptors (Lipinski definition) is 3. The maximum atomic E-state index is 12.2. The van der Waals surface area contributed by atoms with Gasteiger partial charge in [0.1, 0.15) is 5.69 Å². The molecular formula is C16H16ClN3O. The molecule has 0 aliphatic carbocycles. The van der Waals surface area contributed by atoms with E-state index >= 15 is 0 Å². The molecule has 5 heteroatoms. The van der Waals surface area contributed by atoms with Crippen molar-refractivity contribution >= 4 is 28.9 Å². The Hall–Kier alpha value is -2.07. The molecule has 3 rings (SSSR count). The zero-order valence-electron chi connectivity index (χ0n) is 11.6. The van der Waals surface area contributed by atoms with E-state index in [0.717, 1.165) is 18.8 Å². The van der Waals surface area contributed by atoms with Crippen LogP contribution in [0.5, 0.6) is 0 Å². The van der Waals surface area contributed by atoms with Crippen LogP contribution < -0.4 is 10.2 Å². The van der Waals surface area contributed by atoms with Gasteiger partial charge in [-0.25, -0.2) is 4.98 Å². The lowest BCUT2D eigenvalue weighted by Gasteiger charge is -2.17. The molecule has 0 atom stereocenters. The average molecular weight is 302 g/mol. The van der Waals surface area contributed by atoms with Crippen molar-refractivity contribution in [1.29, 1.82) is 0 Å². The van der Waals surface area contributed by atoms with E-state index < -0.39 is 0 Å². The monoisotopic (exact) mass is 301 g/mol. The van der Waals surface area contributed by atoms with Gasteiger partial charge in [-0.15, -0.1) is 0 Å². The maximum absolute atomic E-state index is 12.2. The van der Waals surface area contributed by atoms with Gasteiger partial charge in [-0.3, -0.25) is 4.79 Å². The van der Waals surface area contributed by atoms with E-state index in [1.165, 1.54) is 12.8 Å². The van der Waals surface area contributed by atoms with Gasteiger partial charge in [0.2, 0.25) is 0 Å². The van der Waals surface area contributed by atoms with Crippen molar-refractivity contribution in [2.45, 2.75) is 12.8 Å². The summed E-state index contributed by atoms with van der Waals surface area (Å²) in [6.45, 7) is 2.12. The summed E-state index contributed by atoms with van der Waals surface area (Å²) in [7, 11) is 0. The Kier molecular flexibility index (Phi) is 4.06. The molecule has 1 aromatic heterocycles. The third-order valence-electron chi connectivity index (χ3n) is 3.57. The number of pyridine rings is 1. The van der Waals surface area contributed by atoms with Gasteiger partial charge in [0.05, 0.1) is 22.6 Å². The maximum Gasteiger partial charge on any atom is 0.274 e. The number of nitrogens with zero attached hydrogens (tertiary/aromatic N) is 2. The molecule has 108 valence electrons. The number of halogens is 1. The van der Waals surface area contributed by atoms with E-state index in [2.05, 4.69) is 15.2 Å². The Balaban J connectivity index is 1.71. The zero-order valence-corrected chi connectivity index (χ0v) is 12.3. The molecule has 1 N–H and O–H groups in total. The summed E-state index contributed by atoms with van der Waals surface area (Å²) in [5.41, 5.74) is 2.05. The minimum absolute atomic E-state index is 0.254. The number of para-hydroxylation sites is 1. The number of nitrogens with one attached hydrogen (secondary N) is 1. The molecule has 2 heterocycles. The Morgan fingerprint density at radius 2 is 1.90 bits per heavy atom. The molecule has 0 spiro atoms. The SMILES string of the molecule is O=C(Nc1ccccc1Cl)c1ccc(N2CCCC2)cn1. The van der Waals surface area contributed by atoms with E-state index in [1.54, 1.807) is 24.4 Å². The molecule has 21 heavy (non-hydrogen) atoms. The predicted octanol–water partition coefficient (Wildman–Crippen LogP) is 3.59. The van der Waals surface area contributed by atoms with Crippen LogP contribution in [0.15, 0.2) is 42.6 Å². The molecule has 0 unspecified atom stereocenters. The van der Waals surface area contributed by atoms with Crippen LogP contribution >= 0.6 is 11.6 Å². The summed E-state index contributed by atoms with van der Waals surface area (Å²) in [4.78, 5) is 18.7. The molecule has 1 aliphatic heterocycles. The van der Waals surface area contributed by atoms with Gasteiger partial charge < -0.3 is 10.2 Å². The molecule has 0 radical (unpaired) electrons. The normalized spacial score (nSPS) is 14.2. The molecule has 1 aromatic carbocycles. The number of carbonyl (C=O) groups excluding carboxylic acids is 1. The highest BCUT2D eigenvalue weighted by molar-refractivity contribution is 6.33. The Morgan fingerprint density at radius 1 is 1.14 bits per heavy atom. The molecule has 0 bridgehead atoms. The fourth-order valence-electron chi connectivity index (χ4n) is 2.43. The largest absolute Gasteiger partial charge is 0.370 e. The standard InChI is InChI=1S/C16H16ClN3O/c17-13-5-1-2-6-14(13)19-16(21)15-8-7-12(11-18-15)20-9-3-4-10-20/h1-2,5-8,11H,3-4,9-10H2,(H,19,21). The summed E-state index contributed by atoms with van der Waals surface area (Å²) >= 11 is 6.03. The number of carbonyl (C=O) groups is 1. The fraction of sp³-hybridized carbons (Fsp3) is 0.250. The smallest absolute Gasteiger partial charge is 0.274 e. The highest BCUT2D eigenvalue weighted by atomic mass is 35.5. The van der Waals surface area contributed by atoms with Gasteiger partial charge in [-0.05, 0) is 37.1 Å². The van der Waals surface area contributed by atoms with Crippen molar-refractivity contribution in [3.05, 3.63) is 53.3 Å². The van der Waals surface area contributed by atoms with Crippen molar-refractivity contribution in [3.63, 3.8) is 0 Å². The topological polar surface area (TPSA) is 45.2 Å². The van der Waals surface area contributed by atoms with Crippen LogP contribution in [0.2, 0.25) is 5.02 Å². The van der Waals surface area contributed by atoms with Crippen molar-refractivity contribution in [2.24, 2.45) is 0 Å². The second kappa shape index (κ2) is 6.14. The van der Waals surface area contributed by atoms with Crippen molar-refractivity contribution in [3.8, 4) is 0 Å². The van der Waals surface area contributed by atoms with E-state index in [9.17, 15) is 4.79 Å². The molecule has 1 amide bonds. The van der Waals surface area contributed by atoms with Crippen LogP contribution in [-0.4, -0.2) is 24.0 Å². The third-order valence-corrected chi connectivity index (χ3v) is 3.90. The molecule has 0 saturated carbocycles. The first-order valence-corrected chi connectivity index (χ1v) is 7.39. The predicted molar refractivity (Wildman–Crippen MR) is 85.1 cm³/mol. The van der Waals surface area contributed by atoms with Crippen LogP contribution in [0.25, 0.3) is 0 Å². The van der Waals surface area contributed by atoms with Gasteiger partial charge in [-0.1, -0.05) is 23.7 Å². The van der Waals surface area contributed by atoms with Crippen molar-refractivity contribution < 1.29 is 4.79 Å². The number of anilines is 2. The lowest BCUT2D eigenvalue weighted by atomic mass is 10.2. The first-order chi connectivity index (χ1) is 10.2. The van der Waals surface area contributed by atoms with Crippen molar-refractivity contribution in [1.82, 2.24) is 4.98 Å². The number of hydrogen-bond donors (Lipinski definition) is 1. The first-order valence-electron chi connectivity index (χ1n) is 7.01. The van der Waals surface area contributed by atoms with Gasteiger partial charge >= 0.3 is 0 Å². The highest BCUT2D eigenvalue weighted by Crippen LogP contribution is 2.22. The zero-order chi connectivity index (χ0) is 14.7. The van der Waals surface area contributed by atoms with E-state index in [4.69, 9.17) is 11.6 Å². The van der Waals surface area contributed by atoms with Gasteiger partial charge in [-0.2, -0.15) is 0 Å². The molecule has 1 saturated heterocycles. The third kappa shape index (κ3) is 3.16. The summed E-state index contributed by atoms with van der Waals surface area (Å²) in [5.74, 6) is -0.254. The first kappa shape index (κ1) is 13.9. The Bertz CT molecular complexity index is 636. The summed E-state index contributed by atoms with van der Waals surface area (Å²) in [6, 6.07) is 10.8. The van der Waals surface area contributed by atoms with Crippen LogP contribution in [0, 0.1) is 0 Å². The molecule has 1 fully saturated rings. The minimum Gasteiger partial charge on any atom is -0.370 e.